The number of alkyl halides is 3. The molecule has 1 amide bonds. The van der Waals surface area contributed by atoms with Gasteiger partial charge in [-0.05, 0) is 0 Å². The normalized spacial score (nSPS) is 13.5. The van der Waals surface area contributed by atoms with E-state index in [2.05, 4.69) is 19.2 Å². The molecule has 4 N–H and O–H groups in total. The fourth-order valence-corrected chi connectivity index (χ4v) is 3.84. The molecule has 0 aliphatic heterocycles. The molecule has 8 nitrogen and oxygen atoms in total. The Hall–Kier alpha value is -2.53. The van der Waals surface area contributed by atoms with E-state index in [1.165, 1.54) is 18.2 Å². The first kappa shape index (κ1) is 22.8. The quantitative estimate of drug-likeness (QED) is 0.208. The van der Waals surface area contributed by atoms with Crippen LogP contribution in [0.3, 0.4) is 0 Å². The van der Waals surface area contributed by atoms with Gasteiger partial charge in [0.15, 0.2) is 0 Å². The summed E-state index contributed by atoms with van der Waals surface area (Å²) < 4.78 is 79.8. The third-order valence-corrected chi connectivity index (χ3v) is 5.89. The molecular formula is C16H15AsF4N2O6. The summed E-state index contributed by atoms with van der Waals surface area (Å²) in [5.41, 5.74) is 0.220. The van der Waals surface area contributed by atoms with E-state index in [1.807, 2.05) is 0 Å². The van der Waals surface area contributed by atoms with Gasteiger partial charge in [-0.25, -0.2) is 0 Å². The molecule has 0 saturated carbocycles. The third kappa shape index (κ3) is 6.50. The molecule has 0 radical (unpaired) electrons. The van der Waals surface area contributed by atoms with E-state index >= 15 is 0 Å². The Morgan fingerprint density at radius 1 is 1.17 bits per heavy atom. The summed E-state index contributed by atoms with van der Waals surface area (Å²) in [5.74, 6) is -2.22. The van der Waals surface area contributed by atoms with Gasteiger partial charge in [-0.2, -0.15) is 0 Å². The first-order chi connectivity index (χ1) is 13.4. The molecule has 1 atom stereocenters. The van der Waals surface area contributed by atoms with Gasteiger partial charge in [0.2, 0.25) is 0 Å². The zero-order valence-corrected chi connectivity index (χ0v) is 16.5. The second kappa shape index (κ2) is 8.87. The fraction of sp³-hybridized carbons (Fsp3) is 0.188. The van der Waals surface area contributed by atoms with E-state index in [-0.39, 0.29) is 21.4 Å². The van der Waals surface area contributed by atoms with Crippen molar-refractivity contribution in [3.05, 3.63) is 42.2 Å². The molecule has 2 aromatic rings. The molecule has 0 aliphatic rings. The SMILES string of the molecule is CC(=O)Nc1cc(Nc2ccc(F)c(OCC(F)(F)F)c2)ccc1[As](=O)(O)OO. The molecule has 0 aliphatic carbocycles. The van der Waals surface area contributed by atoms with Crippen LogP contribution in [0.1, 0.15) is 6.92 Å². The van der Waals surface area contributed by atoms with Gasteiger partial charge in [0.1, 0.15) is 0 Å². The fourth-order valence-electron chi connectivity index (χ4n) is 2.21. The summed E-state index contributed by atoms with van der Waals surface area (Å²) in [6, 6.07) is 6.71. The van der Waals surface area contributed by atoms with Crippen molar-refractivity contribution in [3.63, 3.8) is 0 Å². The number of nitrogens with one attached hydrogen (secondary N) is 2. The first-order valence-electron chi connectivity index (χ1n) is 7.75. The van der Waals surface area contributed by atoms with Gasteiger partial charge in [0.05, 0.1) is 0 Å². The summed E-state index contributed by atoms with van der Waals surface area (Å²) in [6.45, 7) is -0.535. The molecule has 0 heterocycles. The second-order valence-electron chi connectivity index (χ2n) is 5.69. The Morgan fingerprint density at radius 2 is 1.79 bits per heavy atom. The van der Waals surface area contributed by atoms with Gasteiger partial charge < -0.3 is 0 Å². The number of hydrogen-bond donors (Lipinski definition) is 4. The van der Waals surface area contributed by atoms with Crippen molar-refractivity contribution in [3.8, 4) is 5.75 Å². The maximum atomic E-state index is 13.7. The molecule has 0 aromatic heterocycles. The van der Waals surface area contributed by atoms with Crippen LogP contribution in [0.25, 0.3) is 0 Å². The van der Waals surface area contributed by atoms with Crippen LogP contribution >= 0.6 is 0 Å². The molecule has 158 valence electrons. The number of anilines is 3. The van der Waals surface area contributed by atoms with Gasteiger partial charge in [-0.15, -0.1) is 0 Å². The molecule has 0 bridgehead atoms. The molecule has 0 saturated heterocycles. The van der Waals surface area contributed by atoms with Crippen LogP contribution in [0.2, 0.25) is 0 Å². The van der Waals surface area contributed by atoms with Crippen molar-refractivity contribution in [1.29, 1.82) is 0 Å². The number of ether oxygens (including phenoxy) is 1. The van der Waals surface area contributed by atoms with E-state index in [1.54, 1.807) is 0 Å². The summed E-state index contributed by atoms with van der Waals surface area (Å²) in [4.78, 5) is 11.3. The van der Waals surface area contributed by atoms with Crippen LogP contribution in [0.15, 0.2) is 36.4 Å². The molecule has 1 unspecified atom stereocenters. The van der Waals surface area contributed by atoms with Crippen LogP contribution in [-0.2, 0) is 12.4 Å². The molecule has 29 heavy (non-hydrogen) atoms. The zero-order chi connectivity index (χ0) is 21.8. The summed E-state index contributed by atoms with van der Waals surface area (Å²) in [6.07, 6.45) is -4.65. The van der Waals surface area contributed by atoms with Crippen molar-refractivity contribution >= 4 is 41.5 Å². The predicted molar refractivity (Wildman–Crippen MR) is 94.0 cm³/mol. The van der Waals surface area contributed by atoms with Crippen LogP contribution in [0, 0.1) is 5.82 Å². The Kier molecular flexibility index (Phi) is 6.96. The number of hydrogen-bond acceptors (Lipinski definition) is 6. The van der Waals surface area contributed by atoms with Gasteiger partial charge >= 0.3 is 164 Å². The van der Waals surface area contributed by atoms with Gasteiger partial charge in [-0.1, -0.05) is 0 Å². The van der Waals surface area contributed by atoms with E-state index in [9.17, 15) is 30.2 Å². The zero-order valence-electron chi connectivity index (χ0n) is 14.7. The van der Waals surface area contributed by atoms with Crippen molar-refractivity contribution in [2.75, 3.05) is 17.2 Å². The van der Waals surface area contributed by atoms with E-state index in [0.717, 1.165) is 25.1 Å². The standard InChI is InChI=1S/C16H15AsF4N2O6/c1-9(24)22-14-6-10(2-4-12(14)17(25,26)29-27)23-11-3-5-13(18)15(7-11)28-8-16(19,20)21/h2-7,23,27H,8H2,1H3,(H,22,24)(H,25,26). The predicted octanol–water partition coefficient (Wildman–Crippen LogP) is 2.53. The van der Waals surface area contributed by atoms with Crippen LogP contribution in [-0.4, -0.2) is 42.2 Å². The third-order valence-electron chi connectivity index (χ3n) is 3.33. The first-order valence-corrected chi connectivity index (χ1v) is 11.1. The topological polar surface area (TPSA) is 117 Å². The van der Waals surface area contributed by atoms with Crippen molar-refractivity contribution < 1.29 is 44.1 Å². The van der Waals surface area contributed by atoms with Crippen LogP contribution in [0.5, 0.6) is 5.75 Å². The van der Waals surface area contributed by atoms with Gasteiger partial charge in [-0.3, -0.25) is 0 Å². The van der Waals surface area contributed by atoms with E-state index in [0.29, 0.717) is 0 Å². The monoisotopic (exact) mass is 482 g/mol. The van der Waals surface area contributed by atoms with E-state index in [4.69, 9.17) is 5.26 Å². The van der Waals surface area contributed by atoms with Crippen molar-refractivity contribution in [2.24, 2.45) is 0 Å². The number of carbonyl (C=O) groups excluding carboxylic acids is 1. The molecule has 0 spiro atoms. The minimum atomic E-state index is -5.31. The van der Waals surface area contributed by atoms with Crippen molar-refractivity contribution in [2.45, 2.75) is 13.1 Å². The average molecular weight is 482 g/mol. The Labute approximate surface area is 164 Å². The molecular weight excluding hydrogens is 467 g/mol. The van der Waals surface area contributed by atoms with Crippen molar-refractivity contribution in [1.82, 2.24) is 0 Å². The maximum absolute atomic E-state index is 13.7. The van der Waals surface area contributed by atoms with E-state index < -0.39 is 44.4 Å². The average Bonchev–Trinajstić information content (AvgIpc) is 2.61. The van der Waals surface area contributed by atoms with Gasteiger partial charge in [0.25, 0.3) is 0 Å². The second-order valence-corrected chi connectivity index (χ2v) is 9.23. The molecule has 0 fully saturated rings. The Balaban J connectivity index is 2.32. The number of benzene rings is 2. The number of rotatable bonds is 7. The molecule has 2 aromatic carbocycles. The summed E-state index contributed by atoms with van der Waals surface area (Å²) >= 11 is -5.31. The minimum absolute atomic E-state index is 0.140. The van der Waals surface area contributed by atoms with Crippen LogP contribution < -0.4 is 19.7 Å². The molecule has 2 rings (SSSR count). The number of carbonyl (C=O) groups is 1. The van der Waals surface area contributed by atoms with Gasteiger partial charge in [0, 0.05) is 0 Å². The number of halogens is 4. The molecule has 13 heteroatoms. The summed E-state index contributed by atoms with van der Waals surface area (Å²) in [7, 11) is 0. The summed E-state index contributed by atoms with van der Waals surface area (Å²) in [5, 5.41) is 13.7. The Bertz CT molecular complexity index is 953. The Morgan fingerprint density at radius 3 is 2.38 bits per heavy atom. The number of amides is 1. The van der Waals surface area contributed by atoms with Crippen LogP contribution in [0.4, 0.5) is 34.6 Å².